The molecule has 72 valence electrons. The Morgan fingerprint density at radius 1 is 1.31 bits per heavy atom. The van der Waals surface area contributed by atoms with Gasteiger partial charge in [0.1, 0.15) is 4.86 Å². The Morgan fingerprint density at radius 3 is 1.62 bits per heavy atom. The van der Waals surface area contributed by atoms with Gasteiger partial charge in [0.25, 0.3) is 0 Å². The minimum atomic E-state index is -1.14. The zero-order chi connectivity index (χ0) is 10.1. The molecule has 0 saturated heterocycles. The van der Waals surface area contributed by atoms with Gasteiger partial charge in [-0.2, -0.15) is 0 Å². The molecule has 0 atom stereocenters. The Hall–Kier alpha value is -0.170. The van der Waals surface area contributed by atoms with Crippen LogP contribution in [0, 0.1) is 0 Å². The molecule has 0 amide bonds. The van der Waals surface area contributed by atoms with Gasteiger partial charge in [0, 0.05) is 6.42 Å². The van der Waals surface area contributed by atoms with Crippen LogP contribution in [0.3, 0.4) is 0 Å². The number of carboxylic acid groups (broad SMARTS) is 2. The summed E-state index contributed by atoms with van der Waals surface area (Å²) in [6, 6.07) is 0. The molecule has 2 N–H and O–H groups in total. The molecular formula is C6H11NaO5S. The zero-order valence-corrected chi connectivity index (χ0v) is 7.55. The first-order valence-corrected chi connectivity index (χ1v) is 3.78. The summed E-state index contributed by atoms with van der Waals surface area (Å²) in [7, 11) is 0. The summed E-state index contributed by atoms with van der Waals surface area (Å²) in [5, 5.41) is 15.6. The van der Waals surface area contributed by atoms with Crippen molar-refractivity contribution in [1.29, 1.82) is 0 Å². The zero-order valence-electron chi connectivity index (χ0n) is 6.73. The average Bonchev–Trinajstić information content (AvgIpc) is 2.04. The monoisotopic (exact) mass is 218 g/mol. The summed E-state index contributed by atoms with van der Waals surface area (Å²) in [5.41, 5.74) is 0. The molecule has 0 unspecified atom stereocenters. The van der Waals surface area contributed by atoms with Crippen molar-refractivity contribution in [3.63, 3.8) is 0 Å². The Kier molecular flexibility index (Phi) is 16.9. The summed E-state index contributed by atoms with van der Waals surface area (Å²) >= 11 is -0.000000000000000222. The SMILES string of the molecule is CC(=S=O)C(=O)O.CCC(=O)O.[NaH]. The Balaban J connectivity index is -0.000000150. The number of hydrogen-bond donors (Lipinski definition) is 2. The van der Waals surface area contributed by atoms with Crippen molar-refractivity contribution >= 4 is 57.6 Å². The van der Waals surface area contributed by atoms with Gasteiger partial charge >= 0.3 is 41.5 Å². The third-order valence-electron chi connectivity index (χ3n) is 0.729. The van der Waals surface area contributed by atoms with Crippen LogP contribution in [0.25, 0.3) is 0 Å². The second kappa shape index (κ2) is 11.8. The predicted octanol–water partition coefficient (Wildman–Crippen LogP) is -0.691. The van der Waals surface area contributed by atoms with Gasteiger partial charge in [0.05, 0.1) is 11.3 Å². The molecule has 0 spiro atoms. The number of rotatable bonds is 2. The number of aliphatic carboxylic acids is 2. The van der Waals surface area contributed by atoms with Crippen LogP contribution in [-0.2, 0) is 20.8 Å². The molecular weight excluding hydrogens is 207 g/mol. The van der Waals surface area contributed by atoms with Gasteiger partial charge in [-0.3, -0.25) is 4.79 Å². The number of carbonyl (C=O) groups is 2. The second-order valence-corrected chi connectivity index (χ2v) is 2.47. The van der Waals surface area contributed by atoms with Gasteiger partial charge in [0.15, 0.2) is 0 Å². The fourth-order valence-electron chi connectivity index (χ4n) is 0.0356. The Bertz CT molecular complexity index is 221. The standard InChI is InChI=1S/C3H4O3S.C3H6O2.Na.H/c1-2(7-6)3(4)5;1-2-3(4)5;;/h1H3,(H,4,5);2H2,1H3,(H,4,5);;. The Labute approximate surface area is 102 Å². The van der Waals surface area contributed by atoms with Gasteiger partial charge < -0.3 is 10.2 Å². The molecule has 0 saturated carbocycles. The molecule has 0 heterocycles. The van der Waals surface area contributed by atoms with E-state index in [9.17, 15) is 13.8 Å². The quantitative estimate of drug-likeness (QED) is 0.472. The van der Waals surface area contributed by atoms with Crippen LogP contribution in [0.4, 0.5) is 0 Å². The minimum absolute atomic E-state index is 0. The van der Waals surface area contributed by atoms with E-state index in [-0.39, 0.29) is 52.1 Å². The third-order valence-corrected chi connectivity index (χ3v) is 1.15. The fourth-order valence-corrected chi connectivity index (χ4v) is 0.107. The van der Waals surface area contributed by atoms with E-state index in [0.29, 0.717) is 0 Å². The maximum absolute atomic E-state index is 9.67. The topological polar surface area (TPSA) is 91.7 Å². The van der Waals surface area contributed by atoms with Gasteiger partial charge in [-0.05, 0) is 6.92 Å². The van der Waals surface area contributed by atoms with E-state index < -0.39 is 11.9 Å². The molecule has 0 aromatic carbocycles. The molecule has 0 radical (unpaired) electrons. The third kappa shape index (κ3) is 18.6. The maximum atomic E-state index is 9.67. The van der Waals surface area contributed by atoms with Gasteiger partial charge in [-0.25, -0.2) is 9.00 Å². The van der Waals surface area contributed by atoms with Crippen molar-refractivity contribution in [2.45, 2.75) is 20.3 Å². The fraction of sp³-hybridized carbons (Fsp3) is 0.500. The van der Waals surface area contributed by atoms with E-state index in [1.165, 1.54) is 6.92 Å². The van der Waals surface area contributed by atoms with Gasteiger partial charge in [0.2, 0.25) is 0 Å². The van der Waals surface area contributed by atoms with Crippen molar-refractivity contribution in [3.05, 3.63) is 0 Å². The average molecular weight is 218 g/mol. The molecule has 0 aliphatic heterocycles. The normalized spacial score (nSPS) is 6.92. The van der Waals surface area contributed by atoms with E-state index in [0.717, 1.165) is 0 Å². The van der Waals surface area contributed by atoms with Crippen LogP contribution in [0.2, 0.25) is 0 Å². The van der Waals surface area contributed by atoms with Crippen molar-refractivity contribution in [2.24, 2.45) is 0 Å². The summed E-state index contributed by atoms with van der Waals surface area (Å²) in [5.74, 6) is -1.88. The Morgan fingerprint density at radius 2 is 1.62 bits per heavy atom. The molecule has 7 heteroatoms. The van der Waals surface area contributed by atoms with Crippen molar-refractivity contribution in [3.8, 4) is 0 Å². The first-order valence-electron chi connectivity index (χ1n) is 3.04. The van der Waals surface area contributed by atoms with Gasteiger partial charge in [-0.1, -0.05) is 6.92 Å². The molecule has 0 aliphatic carbocycles. The molecule has 13 heavy (non-hydrogen) atoms. The summed E-state index contributed by atoms with van der Waals surface area (Å²) < 4.78 is 9.57. The first kappa shape index (κ1) is 18.6. The van der Waals surface area contributed by atoms with Crippen molar-refractivity contribution in [2.75, 3.05) is 0 Å². The first-order chi connectivity index (χ1) is 5.45. The number of hydrogen-bond acceptors (Lipinski definition) is 3. The van der Waals surface area contributed by atoms with Crippen molar-refractivity contribution in [1.82, 2.24) is 0 Å². The van der Waals surface area contributed by atoms with Crippen molar-refractivity contribution < 1.29 is 24.0 Å². The van der Waals surface area contributed by atoms with Crippen LogP contribution in [0.15, 0.2) is 0 Å². The molecule has 0 aromatic heterocycles. The molecule has 0 rings (SSSR count). The van der Waals surface area contributed by atoms with Crippen LogP contribution < -0.4 is 0 Å². The van der Waals surface area contributed by atoms with E-state index >= 15 is 0 Å². The predicted molar refractivity (Wildman–Crippen MR) is 51.5 cm³/mol. The molecule has 0 fully saturated rings. The van der Waals surface area contributed by atoms with E-state index in [1.54, 1.807) is 6.92 Å². The summed E-state index contributed by atoms with van der Waals surface area (Å²) in [4.78, 5) is 18.9. The van der Waals surface area contributed by atoms with Gasteiger partial charge in [-0.15, -0.1) is 0 Å². The van der Waals surface area contributed by atoms with E-state index in [4.69, 9.17) is 10.2 Å². The number of carboxylic acids is 2. The molecule has 0 aromatic rings. The summed E-state index contributed by atoms with van der Waals surface area (Å²) in [6.07, 6.45) is 0.222. The second-order valence-electron chi connectivity index (χ2n) is 1.69. The molecule has 5 nitrogen and oxygen atoms in total. The van der Waals surface area contributed by atoms with Crippen LogP contribution >= 0.6 is 0 Å². The van der Waals surface area contributed by atoms with E-state index in [1.807, 2.05) is 0 Å². The summed E-state index contributed by atoms with van der Waals surface area (Å²) in [6.45, 7) is 2.86. The van der Waals surface area contributed by atoms with Crippen LogP contribution in [0.1, 0.15) is 20.3 Å². The molecule has 0 bridgehead atoms. The molecule has 0 aliphatic rings. The van der Waals surface area contributed by atoms with Crippen LogP contribution in [-0.4, -0.2) is 60.8 Å². The van der Waals surface area contributed by atoms with E-state index in [2.05, 4.69) is 0 Å². The van der Waals surface area contributed by atoms with Crippen LogP contribution in [0.5, 0.6) is 0 Å².